The Morgan fingerprint density at radius 2 is 2.06 bits per heavy atom. The van der Waals surface area contributed by atoms with Crippen LogP contribution < -0.4 is 5.32 Å². The summed E-state index contributed by atoms with van der Waals surface area (Å²) in [6, 6.07) is 7.78. The number of carbonyl (C=O) groups excluding carboxylic acids is 1. The zero-order valence-electron chi connectivity index (χ0n) is 10.2. The Labute approximate surface area is 107 Å². The Bertz CT molecular complexity index is 351. The molecule has 0 heterocycles. The maximum Gasteiger partial charge on any atom is 0.307 e. The van der Waals surface area contributed by atoms with Crippen LogP contribution in [-0.2, 0) is 16.0 Å². The van der Waals surface area contributed by atoms with Crippen LogP contribution in [0.2, 0.25) is 5.02 Å². The van der Waals surface area contributed by atoms with Gasteiger partial charge in [-0.25, -0.2) is 0 Å². The summed E-state index contributed by atoms with van der Waals surface area (Å²) in [6.07, 6.45) is 1.17. The highest BCUT2D eigenvalue weighted by molar-refractivity contribution is 6.30. The van der Waals surface area contributed by atoms with Crippen molar-refractivity contribution in [2.45, 2.75) is 25.8 Å². The van der Waals surface area contributed by atoms with Gasteiger partial charge in [0.1, 0.15) is 0 Å². The minimum absolute atomic E-state index is 0.105. The fraction of sp³-hybridized carbons (Fsp3) is 0.462. The molecule has 0 saturated carbocycles. The van der Waals surface area contributed by atoms with E-state index in [1.807, 2.05) is 31.2 Å². The second-order valence-corrected chi connectivity index (χ2v) is 4.30. The van der Waals surface area contributed by atoms with Crippen molar-refractivity contribution in [2.24, 2.45) is 0 Å². The summed E-state index contributed by atoms with van der Waals surface area (Å²) in [6.45, 7) is 2.85. The average Bonchev–Trinajstić information content (AvgIpc) is 2.32. The molecule has 0 aliphatic rings. The fourth-order valence-corrected chi connectivity index (χ4v) is 1.82. The third kappa shape index (κ3) is 5.20. The van der Waals surface area contributed by atoms with Crippen LogP contribution in [0.1, 0.15) is 18.9 Å². The van der Waals surface area contributed by atoms with E-state index in [1.54, 1.807) is 0 Å². The first-order chi connectivity index (χ1) is 8.15. The summed E-state index contributed by atoms with van der Waals surface area (Å²) in [5.74, 6) is -0.190. The van der Waals surface area contributed by atoms with Gasteiger partial charge in [0.05, 0.1) is 13.5 Å². The highest BCUT2D eigenvalue weighted by Crippen LogP contribution is 2.12. The molecule has 94 valence electrons. The predicted octanol–water partition coefficient (Wildman–Crippen LogP) is 2.42. The van der Waals surface area contributed by atoms with Gasteiger partial charge in [0, 0.05) is 11.1 Å². The van der Waals surface area contributed by atoms with Crippen molar-refractivity contribution >= 4 is 17.6 Å². The van der Waals surface area contributed by atoms with Gasteiger partial charge >= 0.3 is 5.97 Å². The number of nitrogens with one attached hydrogen (secondary N) is 1. The topological polar surface area (TPSA) is 38.3 Å². The lowest BCUT2D eigenvalue weighted by atomic mass is 10.0. The van der Waals surface area contributed by atoms with Gasteiger partial charge in [0.15, 0.2) is 0 Å². The van der Waals surface area contributed by atoms with Crippen LogP contribution in [0, 0.1) is 0 Å². The maximum atomic E-state index is 11.3. The van der Waals surface area contributed by atoms with Gasteiger partial charge in [-0.2, -0.15) is 0 Å². The summed E-state index contributed by atoms with van der Waals surface area (Å²) in [5.41, 5.74) is 1.16. The number of benzene rings is 1. The van der Waals surface area contributed by atoms with E-state index in [0.717, 1.165) is 23.6 Å². The van der Waals surface area contributed by atoms with Crippen LogP contribution in [-0.4, -0.2) is 25.7 Å². The van der Waals surface area contributed by atoms with E-state index in [0.29, 0.717) is 6.42 Å². The molecule has 1 atom stereocenters. The number of carbonyl (C=O) groups is 1. The summed E-state index contributed by atoms with van der Waals surface area (Å²) in [5, 5.41) is 4.00. The monoisotopic (exact) mass is 255 g/mol. The lowest BCUT2D eigenvalue weighted by Crippen LogP contribution is -2.33. The zero-order chi connectivity index (χ0) is 12.7. The molecule has 3 nitrogen and oxygen atoms in total. The van der Waals surface area contributed by atoms with Gasteiger partial charge in [-0.05, 0) is 30.7 Å². The SMILES string of the molecule is CCNC(CC(=O)OC)Cc1ccc(Cl)cc1. The molecule has 1 aromatic rings. The first kappa shape index (κ1) is 14.0. The highest BCUT2D eigenvalue weighted by Gasteiger charge is 2.13. The van der Waals surface area contributed by atoms with E-state index in [4.69, 9.17) is 11.6 Å². The molecule has 17 heavy (non-hydrogen) atoms. The van der Waals surface area contributed by atoms with Gasteiger partial charge in [-0.1, -0.05) is 30.7 Å². The van der Waals surface area contributed by atoms with E-state index in [1.165, 1.54) is 7.11 Å². The molecule has 1 unspecified atom stereocenters. The molecule has 4 heteroatoms. The Morgan fingerprint density at radius 3 is 2.59 bits per heavy atom. The first-order valence-electron chi connectivity index (χ1n) is 5.70. The Balaban J connectivity index is 2.59. The minimum Gasteiger partial charge on any atom is -0.469 e. The molecule has 1 rings (SSSR count). The predicted molar refractivity (Wildman–Crippen MR) is 69.3 cm³/mol. The quantitative estimate of drug-likeness (QED) is 0.794. The Morgan fingerprint density at radius 1 is 1.41 bits per heavy atom. The van der Waals surface area contributed by atoms with Gasteiger partial charge in [0.2, 0.25) is 0 Å². The van der Waals surface area contributed by atoms with Crippen LogP contribution in [0.15, 0.2) is 24.3 Å². The molecule has 1 aromatic carbocycles. The smallest absolute Gasteiger partial charge is 0.307 e. The summed E-state index contributed by atoms with van der Waals surface area (Å²) >= 11 is 5.83. The summed E-state index contributed by atoms with van der Waals surface area (Å²) in [7, 11) is 1.41. The summed E-state index contributed by atoms with van der Waals surface area (Å²) in [4.78, 5) is 11.3. The van der Waals surface area contributed by atoms with E-state index in [9.17, 15) is 4.79 Å². The number of methoxy groups -OCH3 is 1. The number of halogens is 1. The highest BCUT2D eigenvalue weighted by atomic mass is 35.5. The number of likely N-dealkylation sites (N-methyl/N-ethyl adjacent to an activating group) is 1. The van der Waals surface area contributed by atoms with E-state index in [-0.39, 0.29) is 12.0 Å². The molecular formula is C13H18ClNO2. The molecule has 0 aliphatic carbocycles. The zero-order valence-corrected chi connectivity index (χ0v) is 11.0. The fourth-order valence-electron chi connectivity index (χ4n) is 1.69. The standard InChI is InChI=1S/C13H18ClNO2/c1-3-15-12(9-13(16)17-2)8-10-4-6-11(14)7-5-10/h4-7,12,15H,3,8-9H2,1-2H3. The maximum absolute atomic E-state index is 11.3. The van der Waals surface area contributed by atoms with E-state index in [2.05, 4.69) is 10.1 Å². The molecular weight excluding hydrogens is 238 g/mol. The summed E-state index contributed by atoms with van der Waals surface area (Å²) < 4.78 is 4.68. The molecule has 0 saturated heterocycles. The van der Waals surface area contributed by atoms with Crippen LogP contribution in [0.3, 0.4) is 0 Å². The molecule has 0 bridgehead atoms. The number of hydrogen-bond donors (Lipinski definition) is 1. The number of rotatable bonds is 6. The largest absolute Gasteiger partial charge is 0.469 e. The van der Waals surface area contributed by atoms with Crippen molar-refractivity contribution in [3.05, 3.63) is 34.9 Å². The normalized spacial score (nSPS) is 12.2. The van der Waals surface area contributed by atoms with Crippen LogP contribution in [0.25, 0.3) is 0 Å². The van der Waals surface area contributed by atoms with Gasteiger partial charge in [-0.3, -0.25) is 4.79 Å². The average molecular weight is 256 g/mol. The lowest BCUT2D eigenvalue weighted by Gasteiger charge is -2.16. The molecule has 0 radical (unpaired) electrons. The van der Waals surface area contributed by atoms with Crippen LogP contribution in [0.5, 0.6) is 0 Å². The number of esters is 1. The van der Waals surface area contributed by atoms with Crippen LogP contribution >= 0.6 is 11.6 Å². The Kier molecular flexibility index (Phi) is 6.01. The molecule has 0 amide bonds. The van der Waals surface area contributed by atoms with Crippen molar-refractivity contribution in [1.82, 2.24) is 5.32 Å². The van der Waals surface area contributed by atoms with E-state index >= 15 is 0 Å². The van der Waals surface area contributed by atoms with Crippen LogP contribution in [0.4, 0.5) is 0 Å². The number of hydrogen-bond acceptors (Lipinski definition) is 3. The molecule has 0 aliphatic heterocycles. The lowest BCUT2D eigenvalue weighted by molar-refractivity contribution is -0.141. The third-order valence-corrected chi connectivity index (χ3v) is 2.78. The second kappa shape index (κ2) is 7.30. The van der Waals surface area contributed by atoms with Gasteiger partial charge in [0.25, 0.3) is 0 Å². The molecule has 0 spiro atoms. The first-order valence-corrected chi connectivity index (χ1v) is 6.08. The molecule has 0 aromatic heterocycles. The van der Waals surface area contributed by atoms with Gasteiger partial charge < -0.3 is 10.1 Å². The molecule has 0 fully saturated rings. The van der Waals surface area contributed by atoms with Crippen molar-refractivity contribution in [2.75, 3.05) is 13.7 Å². The van der Waals surface area contributed by atoms with E-state index < -0.39 is 0 Å². The Hall–Kier alpha value is -1.06. The number of ether oxygens (including phenoxy) is 1. The van der Waals surface area contributed by atoms with Crippen molar-refractivity contribution in [3.8, 4) is 0 Å². The second-order valence-electron chi connectivity index (χ2n) is 3.87. The third-order valence-electron chi connectivity index (χ3n) is 2.53. The minimum atomic E-state index is -0.190. The van der Waals surface area contributed by atoms with Gasteiger partial charge in [-0.15, -0.1) is 0 Å². The molecule has 1 N–H and O–H groups in total. The van der Waals surface area contributed by atoms with Crippen molar-refractivity contribution in [1.29, 1.82) is 0 Å². The van der Waals surface area contributed by atoms with Crippen molar-refractivity contribution < 1.29 is 9.53 Å². The van der Waals surface area contributed by atoms with Crippen molar-refractivity contribution in [3.63, 3.8) is 0 Å².